The fourth-order valence-corrected chi connectivity index (χ4v) is 2.58. The number of hydrogen-bond donors (Lipinski definition) is 8. The van der Waals surface area contributed by atoms with Gasteiger partial charge in [-0.15, -0.1) is 0 Å². The Balaban J connectivity index is 5.42. The highest BCUT2D eigenvalue weighted by atomic mass is 32.1. The number of aliphatic carboxylic acids is 3. The molecule has 0 aromatic heterocycles. The van der Waals surface area contributed by atoms with E-state index in [1.54, 1.807) is 13.8 Å². The van der Waals surface area contributed by atoms with Crippen LogP contribution in [-0.2, 0) is 28.8 Å². The largest absolute Gasteiger partial charge is 0.481 e. The van der Waals surface area contributed by atoms with Crippen LogP contribution in [0.3, 0.4) is 0 Å². The number of carboxylic acids is 3. The molecule has 0 bridgehead atoms. The van der Waals surface area contributed by atoms with E-state index in [0.717, 1.165) is 0 Å². The van der Waals surface area contributed by atoms with E-state index < -0.39 is 78.6 Å². The topological polar surface area (TPSA) is 225 Å². The monoisotopic (exact) mass is 464 g/mol. The molecule has 0 aliphatic rings. The fraction of sp³-hybridized carbons (Fsp3) is 0.647. The smallest absolute Gasteiger partial charge is 0.327 e. The number of nitrogens with one attached hydrogen (secondary N) is 3. The molecule has 31 heavy (non-hydrogen) atoms. The van der Waals surface area contributed by atoms with Crippen LogP contribution in [0.25, 0.3) is 0 Å². The SMILES string of the molecule is CC(C)C(NC(=O)C(CCC(=O)O)NC(=O)C(N)CC(=O)O)C(=O)NC(CS)C(=O)O. The lowest BCUT2D eigenvalue weighted by Gasteiger charge is -2.26. The first-order chi connectivity index (χ1) is 14.3. The molecule has 176 valence electrons. The number of carboxylic acid groups (broad SMARTS) is 3. The zero-order valence-corrected chi connectivity index (χ0v) is 17.9. The predicted molar refractivity (Wildman–Crippen MR) is 109 cm³/mol. The second kappa shape index (κ2) is 13.4. The van der Waals surface area contributed by atoms with Crippen LogP contribution < -0.4 is 21.7 Å². The van der Waals surface area contributed by atoms with Crippen LogP contribution in [0, 0.1) is 5.92 Å². The quantitative estimate of drug-likeness (QED) is 0.129. The van der Waals surface area contributed by atoms with E-state index in [0.29, 0.717) is 0 Å². The van der Waals surface area contributed by atoms with E-state index in [1.807, 2.05) is 0 Å². The summed E-state index contributed by atoms with van der Waals surface area (Å²) in [6, 6.07) is -5.40. The number of hydrogen-bond acceptors (Lipinski definition) is 8. The van der Waals surface area contributed by atoms with Crippen molar-refractivity contribution in [2.45, 2.75) is 57.3 Å². The maximum absolute atomic E-state index is 12.7. The summed E-state index contributed by atoms with van der Waals surface area (Å²) >= 11 is 3.84. The molecule has 0 spiro atoms. The normalized spacial score (nSPS) is 14.6. The number of amides is 3. The van der Waals surface area contributed by atoms with Crippen LogP contribution in [0.5, 0.6) is 0 Å². The molecule has 8 N–H and O–H groups in total. The molecule has 0 saturated heterocycles. The Morgan fingerprint density at radius 1 is 0.839 bits per heavy atom. The first-order valence-electron chi connectivity index (χ1n) is 9.24. The molecule has 0 fully saturated rings. The highest BCUT2D eigenvalue weighted by Gasteiger charge is 2.32. The minimum Gasteiger partial charge on any atom is -0.481 e. The summed E-state index contributed by atoms with van der Waals surface area (Å²) in [5.74, 6) is -7.32. The van der Waals surface area contributed by atoms with Gasteiger partial charge in [0.05, 0.1) is 12.5 Å². The van der Waals surface area contributed by atoms with Gasteiger partial charge in [-0.25, -0.2) is 4.79 Å². The lowest BCUT2D eigenvalue weighted by atomic mass is 10.0. The van der Waals surface area contributed by atoms with E-state index in [4.69, 9.17) is 21.1 Å². The first kappa shape index (κ1) is 28.1. The van der Waals surface area contributed by atoms with Crippen molar-refractivity contribution in [3.05, 3.63) is 0 Å². The number of nitrogens with two attached hydrogens (primary N) is 1. The van der Waals surface area contributed by atoms with Crippen molar-refractivity contribution in [1.29, 1.82) is 0 Å². The molecule has 14 heteroatoms. The van der Waals surface area contributed by atoms with E-state index in [9.17, 15) is 28.8 Å². The third-order valence-electron chi connectivity index (χ3n) is 4.06. The Labute approximate surface area is 183 Å². The van der Waals surface area contributed by atoms with Crippen molar-refractivity contribution in [2.24, 2.45) is 11.7 Å². The lowest BCUT2D eigenvalue weighted by Crippen LogP contribution is -2.58. The third kappa shape index (κ3) is 10.6. The molecule has 0 aromatic carbocycles. The Bertz CT molecular complexity index is 701. The van der Waals surface area contributed by atoms with E-state index in [-0.39, 0.29) is 12.2 Å². The summed E-state index contributed by atoms with van der Waals surface area (Å²) in [5, 5.41) is 33.4. The Morgan fingerprint density at radius 3 is 1.81 bits per heavy atom. The van der Waals surface area contributed by atoms with Crippen LogP contribution in [0.4, 0.5) is 0 Å². The maximum atomic E-state index is 12.7. The van der Waals surface area contributed by atoms with Gasteiger partial charge in [-0.1, -0.05) is 13.8 Å². The minimum absolute atomic E-state index is 0.196. The molecular formula is C17H28N4O9S. The predicted octanol–water partition coefficient (Wildman–Crippen LogP) is -2.22. The molecule has 4 unspecified atom stereocenters. The summed E-state index contributed by atoms with van der Waals surface area (Å²) in [7, 11) is 0. The van der Waals surface area contributed by atoms with Crippen LogP contribution in [0.2, 0.25) is 0 Å². The van der Waals surface area contributed by atoms with Crippen molar-refractivity contribution < 1.29 is 44.1 Å². The van der Waals surface area contributed by atoms with Crippen molar-refractivity contribution in [2.75, 3.05) is 5.75 Å². The summed E-state index contributed by atoms with van der Waals surface area (Å²) in [6.07, 6.45) is -1.57. The van der Waals surface area contributed by atoms with Gasteiger partial charge in [0, 0.05) is 12.2 Å². The van der Waals surface area contributed by atoms with E-state index >= 15 is 0 Å². The molecule has 13 nitrogen and oxygen atoms in total. The number of carbonyl (C=O) groups is 6. The fourth-order valence-electron chi connectivity index (χ4n) is 2.33. The van der Waals surface area contributed by atoms with Gasteiger partial charge in [0.25, 0.3) is 0 Å². The Hall–Kier alpha value is -2.87. The molecule has 0 aromatic rings. The van der Waals surface area contributed by atoms with Crippen molar-refractivity contribution in [1.82, 2.24) is 16.0 Å². The molecule has 0 heterocycles. The summed E-state index contributed by atoms with van der Waals surface area (Å²) < 4.78 is 0. The van der Waals surface area contributed by atoms with Gasteiger partial charge >= 0.3 is 17.9 Å². The summed E-state index contributed by atoms with van der Waals surface area (Å²) in [4.78, 5) is 69.8. The molecule has 0 radical (unpaired) electrons. The molecule has 3 amide bonds. The van der Waals surface area contributed by atoms with Gasteiger partial charge in [-0.05, 0) is 12.3 Å². The first-order valence-corrected chi connectivity index (χ1v) is 9.87. The van der Waals surface area contributed by atoms with E-state index in [1.165, 1.54) is 0 Å². The van der Waals surface area contributed by atoms with Gasteiger partial charge < -0.3 is 37.0 Å². The Kier molecular flexibility index (Phi) is 12.2. The Morgan fingerprint density at radius 2 is 1.39 bits per heavy atom. The van der Waals surface area contributed by atoms with E-state index in [2.05, 4.69) is 28.6 Å². The minimum atomic E-state index is -1.48. The van der Waals surface area contributed by atoms with Crippen LogP contribution in [0.15, 0.2) is 0 Å². The zero-order chi connectivity index (χ0) is 24.3. The van der Waals surface area contributed by atoms with Gasteiger partial charge in [0.15, 0.2) is 0 Å². The third-order valence-corrected chi connectivity index (χ3v) is 4.42. The van der Waals surface area contributed by atoms with Crippen LogP contribution in [-0.4, -0.2) is 80.9 Å². The maximum Gasteiger partial charge on any atom is 0.327 e. The second-order valence-corrected chi connectivity index (χ2v) is 7.38. The second-order valence-electron chi connectivity index (χ2n) is 7.01. The highest BCUT2D eigenvalue weighted by molar-refractivity contribution is 7.80. The van der Waals surface area contributed by atoms with Gasteiger partial charge in [-0.2, -0.15) is 12.6 Å². The molecule has 0 aliphatic carbocycles. The number of carbonyl (C=O) groups excluding carboxylic acids is 3. The number of thiol groups is 1. The summed E-state index contributed by atoms with van der Waals surface area (Å²) in [5.41, 5.74) is 5.45. The van der Waals surface area contributed by atoms with Crippen molar-refractivity contribution >= 4 is 48.3 Å². The summed E-state index contributed by atoms with van der Waals surface area (Å²) in [6.45, 7) is 3.16. The van der Waals surface area contributed by atoms with Crippen LogP contribution >= 0.6 is 12.6 Å². The average Bonchev–Trinajstić information content (AvgIpc) is 2.65. The van der Waals surface area contributed by atoms with Gasteiger partial charge in [0.1, 0.15) is 18.1 Å². The average molecular weight is 464 g/mol. The van der Waals surface area contributed by atoms with Gasteiger partial charge in [-0.3, -0.25) is 24.0 Å². The zero-order valence-electron chi connectivity index (χ0n) is 17.0. The molecule has 0 saturated carbocycles. The highest BCUT2D eigenvalue weighted by Crippen LogP contribution is 2.06. The van der Waals surface area contributed by atoms with Crippen molar-refractivity contribution in [3.8, 4) is 0 Å². The molecular weight excluding hydrogens is 436 g/mol. The standard InChI is InChI=1S/C17H28N4O9S/c1-7(2)13(16(28)20-10(6-31)17(29)30)21-15(27)9(3-4-11(22)23)19-14(26)8(18)5-12(24)25/h7-10,13,31H,3-6,18H2,1-2H3,(H,19,26)(H,20,28)(H,21,27)(H,22,23)(H,24,25)(H,29,30). The lowest BCUT2D eigenvalue weighted by molar-refractivity contribution is -0.142. The van der Waals surface area contributed by atoms with Crippen LogP contribution in [0.1, 0.15) is 33.1 Å². The molecule has 0 aliphatic heterocycles. The molecule has 4 atom stereocenters. The van der Waals surface area contributed by atoms with Gasteiger partial charge in [0.2, 0.25) is 17.7 Å². The number of rotatable bonds is 14. The molecule has 0 rings (SSSR count). The van der Waals surface area contributed by atoms with Crippen molar-refractivity contribution in [3.63, 3.8) is 0 Å².